The largest absolute Gasteiger partial charge is 0.356 e. The van der Waals surface area contributed by atoms with Gasteiger partial charge in [0.05, 0.1) is 0 Å². The molecule has 0 aliphatic heterocycles. The minimum Gasteiger partial charge on any atom is -0.356 e. The molecular weight excluding hydrogens is 198 g/mol. The van der Waals surface area contributed by atoms with Gasteiger partial charge in [-0.1, -0.05) is 36.9 Å². The zero-order valence-electron chi connectivity index (χ0n) is 8.16. The molecule has 1 aromatic carbocycles. The van der Waals surface area contributed by atoms with Crippen molar-refractivity contribution in [3.63, 3.8) is 0 Å². The molecule has 0 spiro atoms. The van der Waals surface area contributed by atoms with Crippen LogP contribution < -0.4 is 5.32 Å². The lowest BCUT2D eigenvalue weighted by atomic mass is 10.2. The van der Waals surface area contributed by atoms with E-state index in [1.54, 1.807) is 7.05 Å². The second-order valence-corrected chi connectivity index (χ2v) is 2.70. The summed E-state index contributed by atoms with van der Waals surface area (Å²) >= 11 is 5.53. The molecule has 2 nitrogen and oxygen atoms in total. The summed E-state index contributed by atoms with van der Waals surface area (Å²) in [6, 6.07) is 9.96. The Kier molecular flexibility index (Phi) is 7.56. The Hall–Kier alpha value is -1.28. The molecule has 1 N–H and O–H groups in total. The van der Waals surface area contributed by atoms with Crippen LogP contribution in [0, 0.1) is 0 Å². The van der Waals surface area contributed by atoms with Crippen molar-refractivity contribution >= 4 is 17.5 Å². The number of benzene rings is 1. The lowest BCUT2D eigenvalue weighted by molar-refractivity contribution is -0.116. The molecule has 0 aromatic heterocycles. The van der Waals surface area contributed by atoms with Gasteiger partial charge in [-0.05, 0) is 11.6 Å². The molecule has 0 aliphatic carbocycles. The van der Waals surface area contributed by atoms with Crippen LogP contribution in [0.5, 0.6) is 0 Å². The number of hydrogen-bond acceptors (Lipinski definition) is 1. The topological polar surface area (TPSA) is 29.1 Å². The van der Waals surface area contributed by atoms with Gasteiger partial charge >= 0.3 is 0 Å². The maximum absolute atomic E-state index is 9.95. The molecule has 0 heterocycles. The van der Waals surface area contributed by atoms with E-state index >= 15 is 0 Å². The van der Waals surface area contributed by atoms with Crippen molar-refractivity contribution in [1.29, 1.82) is 0 Å². The van der Waals surface area contributed by atoms with E-state index in [4.69, 9.17) is 11.6 Å². The van der Waals surface area contributed by atoms with E-state index < -0.39 is 0 Å². The van der Waals surface area contributed by atoms with E-state index in [1.807, 2.05) is 30.3 Å². The first-order chi connectivity index (χ1) is 6.74. The third-order valence-corrected chi connectivity index (χ3v) is 1.74. The van der Waals surface area contributed by atoms with Gasteiger partial charge in [-0.2, -0.15) is 0 Å². The molecule has 0 radical (unpaired) electrons. The lowest BCUT2D eigenvalue weighted by Crippen LogP contribution is -2.13. The van der Waals surface area contributed by atoms with Crippen LogP contribution in [-0.2, 0) is 10.7 Å². The maximum atomic E-state index is 9.95. The molecular formula is C11H14ClNO. The normalized spacial score (nSPS) is 8.14. The van der Waals surface area contributed by atoms with Crippen LogP contribution in [0.4, 0.5) is 0 Å². The number of alkyl halides is 1. The van der Waals surface area contributed by atoms with Crippen LogP contribution in [0.2, 0.25) is 0 Å². The quantitative estimate of drug-likeness (QED) is 0.591. The summed E-state index contributed by atoms with van der Waals surface area (Å²) < 4.78 is 0. The molecule has 1 aromatic rings. The number of nitrogens with one attached hydrogen (secondary N) is 1. The van der Waals surface area contributed by atoms with Crippen molar-refractivity contribution in [2.75, 3.05) is 7.05 Å². The SMILES string of the molecule is C=CC(=O)NC.ClCc1ccccc1. The lowest BCUT2D eigenvalue weighted by Gasteiger charge is -1.88. The first kappa shape index (κ1) is 12.7. The van der Waals surface area contributed by atoms with Crippen LogP contribution in [0.25, 0.3) is 0 Å². The number of likely N-dealkylation sites (N-methyl/N-ethyl adjacent to an activating group) is 1. The third-order valence-electron chi connectivity index (χ3n) is 1.43. The van der Waals surface area contributed by atoms with Gasteiger partial charge < -0.3 is 5.32 Å². The fraction of sp³-hybridized carbons (Fsp3) is 0.182. The average Bonchev–Trinajstić information content (AvgIpc) is 2.30. The predicted molar refractivity (Wildman–Crippen MR) is 60.3 cm³/mol. The number of amides is 1. The number of rotatable bonds is 2. The molecule has 1 rings (SSSR count). The van der Waals surface area contributed by atoms with Crippen LogP contribution >= 0.6 is 11.6 Å². The van der Waals surface area contributed by atoms with Gasteiger partial charge in [0.2, 0.25) is 5.91 Å². The highest BCUT2D eigenvalue weighted by Crippen LogP contribution is 2.00. The van der Waals surface area contributed by atoms with E-state index in [9.17, 15) is 4.79 Å². The zero-order valence-corrected chi connectivity index (χ0v) is 8.92. The highest BCUT2D eigenvalue weighted by atomic mass is 35.5. The summed E-state index contributed by atoms with van der Waals surface area (Å²) in [5, 5.41) is 2.36. The van der Waals surface area contributed by atoms with E-state index in [1.165, 1.54) is 11.6 Å². The van der Waals surface area contributed by atoms with Crippen molar-refractivity contribution < 1.29 is 4.79 Å². The molecule has 0 unspecified atom stereocenters. The first-order valence-electron chi connectivity index (χ1n) is 4.18. The fourth-order valence-corrected chi connectivity index (χ4v) is 0.847. The summed E-state index contributed by atoms with van der Waals surface area (Å²) in [7, 11) is 1.56. The van der Waals surface area contributed by atoms with Gasteiger partial charge in [-0.3, -0.25) is 4.79 Å². The van der Waals surface area contributed by atoms with E-state index in [0.717, 1.165) is 0 Å². The molecule has 1 amide bonds. The number of halogens is 1. The van der Waals surface area contributed by atoms with Gasteiger partial charge in [0.15, 0.2) is 0 Å². The Morgan fingerprint density at radius 2 is 2.07 bits per heavy atom. The fourth-order valence-electron chi connectivity index (χ4n) is 0.669. The van der Waals surface area contributed by atoms with Crippen molar-refractivity contribution in [3.8, 4) is 0 Å². The minimum atomic E-state index is -0.144. The highest BCUT2D eigenvalue weighted by Gasteiger charge is 1.81. The van der Waals surface area contributed by atoms with Gasteiger partial charge in [-0.15, -0.1) is 11.6 Å². The summed E-state index contributed by atoms with van der Waals surface area (Å²) in [6.07, 6.45) is 1.22. The van der Waals surface area contributed by atoms with E-state index in [-0.39, 0.29) is 5.91 Å². The van der Waals surface area contributed by atoms with E-state index in [2.05, 4.69) is 11.9 Å². The number of hydrogen-bond donors (Lipinski definition) is 1. The van der Waals surface area contributed by atoms with Crippen molar-refractivity contribution in [2.45, 2.75) is 5.88 Å². The third kappa shape index (κ3) is 6.26. The summed E-state index contributed by atoms with van der Waals surface area (Å²) in [4.78, 5) is 9.95. The summed E-state index contributed by atoms with van der Waals surface area (Å²) in [6.45, 7) is 3.22. The Balaban J connectivity index is 0.000000255. The molecule has 0 saturated carbocycles. The number of carbonyl (C=O) groups excluding carboxylic acids is 1. The average molecular weight is 212 g/mol. The van der Waals surface area contributed by atoms with Gasteiger partial charge in [-0.25, -0.2) is 0 Å². The smallest absolute Gasteiger partial charge is 0.243 e. The van der Waals surface area contributed by atoms with Crippen molar-refractivity contribution in [1.82, 2.24) is 5.32 Å². The summed E-state index contributed by atoms with van der Waals surface area (Å²) in [5.74, 6) is 0.468. The van der Waals surface area contributed by atoms with Gasteiger partial charge in [0.1, 0.15) is 0 Å². The second kappa shape index (κ2) is 8.32. The first-order valence-corrected chi connectivity index (χ1v) is 4.72. The standard InChI is InChI=1S/C7H7Cl.C4H7NO/c8-6-7-4-2-1-3-5-7;1-3-4(6)5-2/h1-5H,6H2;3H,1H2,2H3,(H,5,6). The van der Waals surface area contributed by atoms with Crippen LogP contribution in [-0.4, -0.2) is 13.0 Å². The predicted octanol–water partition coefficient (Wildman–Crippen LogP) is 2.34. The highest BCUT2D eigenvalue weighted by molar-refractivity contribution is 6.17. The molecule has 0 aliphatic rings. The maximum Gasteiger partial charge on any atom is 0.243 e. The Labute approximate surface area is 89.6 Å². The van der Waals surface area contributed by atoms with Crippen LogP contribution in [0.3, 0.4) is 0 Å². The minimum absolute atomic E-state index is 0.144. The molecule has 14 heavy (non-hydrogen) atoms. The van der Waals surface area contributed by atoms with E-state index in [0.29, 0.717) is 5.88 Å². The van der Waals surface area contributed by atoms with Gasteiger partial charge in [0.25, 0.3) is 0 Å². The Morgan fingerprint density at radius 1 is 1.50 bits per heavy atom. The molecule has 3 heteroatoms. The second-order valence-electron chi connectivity index (χ2n) is 2.44. The van der Waals surface area contributed by atoms with Crippen LogP contribution in [0.15, 0.2) is 43.0 Å². The Morgan fingerprint density at radius 3 is 2.29 bits per heavy atom. The molecule has 0 bridgehead atoms. The molecule has 0 fully saturated rings. The molecule has 0 atom stereocenters. The zero-order chi connectivity index (χ0) is 10.8. The van der Waals surface area contributed by atoms with Crippen molar-refractivity contribution in [3.05, 3.63) is 48.6 Å². The molecule has 0 saturated heterocycles. The number of carbonyl (C=O) groups is 1. The monoisotopic (exact) mass is 211 g/mol. The van der Waals surface area contributed by atoms with Crippen molar-refractivity contribution in [2.24, 2.45) is 0 Å². The summed E-state index contributed by atoms with van der Waals surface area (Å²) in [5.41, 5.74) is 1.18. The van der Waals surface area contributed by atoms with Gasteiger partial charge in [0, 0.05) is 12.9 Å². The van der Waals surface area contributed by atoms with Crippen LogP contribution in [0.1, 0.15) is 5.56 Å². The molecule has 76 valence electrons. The Bertz CT molecular complexity index is 272.